The maximum Gasteiger partial charge on any atom is 0.264 e. The Morgan fingerprint density at radius 2 is 1.88 bits per heavy atom. The fourth-order valence-electron chi connectivity index (χ4n) is 2.22. The summed E-state index contributed by atoms with van der Waals surface area (Å²) >= 11 is 0. The molecule has 0 bridgehead atoms. The van der Waals surface area contributed by atoms with Crippen molar-refractivity contribution in [2.75, 3.05) is 0 Å². The van der Waals surface area contributed by atoms with E-state index in [4.69, 9.17) is 14.0 Å². The highest BCUT2D eigenvalue weighted by molar-refractivity contribution is 5.33. The third kappa shape index (κ3) is 3.51. The molecular weight excluding hydrogens is 308 g/mol. The van der Waals surface area contributed by atoms with Crippen LogP contribution in [-0.2, 0) is 6.61 Å². The molecule has 1 aliphatic rings. The molecule has 4 rings (SSSR count). The number of aromatic nitrogens is 4. The molecule has 0 spiro atoms. The van der Waals surface area contributed by atoms with E-state index in [0.717, 1.165) is 18.7 Å². The van der Waals surface area contributed by atoms with Gasteiger partial charge in [0.2, 0.25) is 5.88 Å². The topological polar surface area (TPSA) is 83.2 Å². The Morgan fingerprint density at radius 1 is 1.08 bits per heavy atom. The Labute approximate surface area is 138 Å². The Hall–Kier alpha value is -2.96. The van der Waals surface area contributed by atoms with Gasteiger partial charge in [-0.15, -0.1) is 0 Å². The number of hydrogen-bond donors (Lipinski definition) is 0. The van der Waals surface area contributed by atoms with E-state index in [2.05, 4.69) is 20.1 Å². The Morgan fingerprint density at radius 3 is 2.58 bits per heavy atom. The van der Waals surface area contributed by atoms with E-state index in [9.17, 15) is 0 Å². The summed E-state index contributed by atoms with van der Waals surface area (Å²) in [4.78, 5) is 12.8. The van der Waals surface area contributed by atoms with Crippen LogP contribution in [0.5, 0.6) is 17.4 Å². The van der Waals surface area contributed by atoms with Crippen LogP contribution in [0.25, 0.3) is 0 Å². The molecule has 122 valence electrons. The van der Waals surface area contributed by atoms with Gasteiger partial charge in [-0.25, -0.2) is 4.98 Å². The van der Waals surface area contributed by atoms with Crippen LogP contribution in [0.4, 0.5) is 0 Å². The number of rotatable bonds is 6. The second kappa shape index (κ2) is 6.27. The molecule has 24 heavy (non-hydrogen) atoms. The zero-order chi connectivity index (χ0) is 16.4. The molecule has 2 aromatic heterocycles. The van der Waals surface area contributed by atoms with Crippen molar-refractivity contribution in [3.8, 4) is 17.4 Å². The van der Waals surface area contributed by atoms with E-state index < -0.39 is 0 Å². The maximum absolute atomic E-state index is 5.77. The number of nitrogens with zero attached hydrogens (tertiary/aromatic N) is 4. The number of ether oxygens (including phenoxy) is 2. The molecule has 3 aromatic rings. The van der Waals surface area contributed by atoms with Crippen LogP contribution in [0.3, 0.4) is 0 Å². The molecule has 0 aliphatic heterocycles. The summed E-state index contributed by atoms with van der Waals surface area (Å²) < 4.78 is 16.4. The average Bonchev–Trinajstić information content (AvgIpc) is 3.37. The molecule has 7 heteroatoms. The van der Waals surface area contributed by atoms with Gasteiger partial charge in [0.15, 0.2) is 12.4 Å². The van der Waals surface area contributed by atoms with E-state index in [-0.39, 0.29) is 6.61 Å². The number of hydrogen-bond acceptors (Lipinski definition) is 7. The molecule has 0 unspecified atom stereocenters. The van der Waals surface area contributed by atoms with Crippen LogP contribution in [0, 0.1) is 6.92 Å². The van der Waals surface area contributed by atoms with Crippen molar-refractivity contribution in [3.05, 3.63) is 54.1 Å². The number of aryl methyl sites for hydroxylation is 1. The van der Waals surface area contributed by atoms with Gasteiger partial charge in [-0.1, -0.05) is 5.16 Å². The van der Waals surface area contributed by atoms with Gasteiger partial charge in [0.1, 0.15) is 17.3 Å². The fourth-order valence-corrected chi connectivity index (χ4v) is 2.22. The standard InChI is InChI=1S/C17H16N4O3/c1-11-19-16(24-21-11)10-22-13-4-6-14(7-5-13)23-15-8-9-18-17(20-15)12-2-3-12/h4-9,12H,2-3,10H2,1H3. The van der Waals surface area contributed by atoms with Crippen LogP contribution in [0.1, 0.15) is 36.3 Å². The summed E-state index contributed by atoms with van der Waals surface area (Å²) in [6, 6.07) is 9.05. The van der Waals surface area contributed by atoms with Crippen LogP contribution in [-0.4, -0.2) is 20.1 Å². The van der Waals surface area contributed by atoms with E-state index in [1.54, 1.807) is 19.2 Å². The first-order valence-electron chi connectivity index (χ1n) is 7.79. The Bertz CT molecular complexity index is 828. The van der Waals surface area contributed by atoms with Gasteiger partial charge in [-0.05, 0) is 44.0 Å². The van der Waals surface area contributed by atoms with Gasteiger partial charge in [0, 0.05) is 18.2 Å². The fraction of sp³-hybridized carbons (Fsp3) is 0.294. The smallest absolute Gasteiger partial charge is 0.264 e. The lowest BCUT2D eigenvalue weighted by Gasteiger charge is -2.07. The predicted molar refractivity (Wildman–Crippen MR) is 83.9 cm³/mol. The highest BCUT2D eigenvalue weighted by atomic mass is 16.5. The van der Waals surface area contributed by atoms with E-state index >= 15 is 0 Å². The highest BCUT2D eigenvalue weighted by Gasteiger charge is 2.26. The zero-order valence-corrected chi connectivity index (χ0v) is 13.2. The van der Waals surface area contributed by atoms with Gasteiger partial charge < -0.3 is 14.0 Å². The first-order valence-corrected chi connectivity index (χ1v) is 7.79. The molecule has 1 aliphatic carbocycles. The maximum atomic E-state index is 5.77. The quantitative estimate of drug-likeness (QED) is 0.687. The van der Waals surface area contributed by atoms with Gasteiger partial charge in [0.25, 0.3) is 5.89 Å². The monoisotopic (exact) mass is 324 g/mol. The lowest BCUT2D eigenvalue weighted by Crippen LogP contribution is -1.96. The van der Waals surface area contributed by atoms with Crippen molar-refractivity contribution in [2.45, 2.75) is 32.3 Å². The van der Waals surface area contributed by atoms with Gasteiger partial charge in [-0.2, -0.15) is 9.97 Å². The summed E-state index contributed by atoms with van der Waals surface area (Å²) in [6.07, 6.45) is 4.06. The van der Waals surface area contributed by atoms with E-state index in [1.165, 1.54) is 0 Å². The molecule has 1 aromatic carbocycles. The Balaban J connectivity index is 1.37. The van der Waals surface area contributed by atoms with Crippen molar-refractivity contribution >= 4 is 0 Å². The Kier molecular flexibility index (Phi) is 3.82. The molecule has 0 N–H and O–H groups in total. The van der Waals surface area contributed by atoms with Crippen molar-refractivity contribution in [3.63, 3.8) is 0 Å². The molecule has 1 saturated carbocycles. The largest absolute Gasteiger partial charge is 0.484 e. The summed E-state index contributed by atoms with van der Waals surface area (Å²) in [5, 5.41) is 3.72. The molecule has 1 fully saturated rings. The third-order valence-corrected chi connectivity index (χ3v) is 3.57. The molecule has 0 atom stereocenters. The minimum atomic E-state index is 0.234. The highest BCUT2D eigenvalue weighted by Crippen LogP contribution is 2.38. The van der Waals surface area contributed by atoms with Crippen molar-refractivity contribution in [2.24, 2.45) is 0 Å². The minimum Gasteiger partial charge on any atom is -0.484 e. The first kappa shape index (κ1) is 14.6. The van der Waals surface area contributed by atoms with Gasteiger partial charge in [0.05, 0.1) is 0 Å². The zero-order valence-electron chi connectivity index (χ0n) is 13.2. The van der Waals surface area contributed by atoms with Crippen LogP contribution < -0.4 is 9.47 Å². The van der Waals surface area contributed by atoms with E-state index in [0.29, 0.717) is 35.0 Å². The number of benzene rings is 1. The second-order valence-electron chi connectivity index (χ2n) is 5.62. The predicted octanol–water partition coefficient (Wildman–Crippen LogP) is 3.42. The summed E-state index contributed by atoms with van der Waals surface area (Å²) in [5.41, 5.74) is 0. The lowest BCUT2D eigenvalue weighted by atomic mass is 10.3. The normalized spacial score (nSPS) is 13.7. The minimum absolute atomic E-state index is 0.234. The molecule has 0 radical (unpaired) electrons. The van der Waals surface area contributed by atoms with Crippen LogP contribution >= 0.6 is 0 Å². The SMILES string of the molecule is Cc1noc(COc2ccc(Oc3ccnc(C4CC4)n3)cc2)n1. The van der Waals surface area contributed by atoms with E-state index in [1.807, 2.05) is 24.3 Å². The second-order valence-corrected chi connectivity index (χ2v) is 5.62. The van der Waals surface area contributed by atoms with Crippen molar-refractivity contribution < 1.29 is 14.0 Å². The van der Waals surface area contributed by atoms with Crippen molar-refractivity contribution in [1.29, 1.82) is 0 Å². The lowest BCUT2D eigenvalue weighted by molar-refractivity contribution is 0.242. The molecule has 0 amide bonds. The molecule has 0 saturated heterocycles. The van der Waals surface area contributed by atoms with Gasteiger partial charge >= 0.3 is 0 Å². The van der Waals surface area contributed by atoms with Crippen LogP contribution in [0.2, 0.25) is 0 Å². The summed E-state index contributed by atoms with van der Waals surface area (Å²) in [6.45, 7) is 2.00. The van der Waals surface area contributed by atoms with Crippen LogP contribution in [0.15, 0.2) is 41.1 Å². The average molecular weight is 324 g/mol. The first-order chi connectivity index (χ1) is 11.8. The van der Waals surface area contributed by atoms with Crippen molar-refractivity contribution in [1.82, 2.24) is 20.1 Å². The van der Waals surface area contributed by atoms with Gasteiger partial charge in [-0.3, -0.25) is 0 Å². The molecule has 7 nitrogen and oxygen atoms in total. The third-order valence-electron chi connectivity index (χ3n) is 3.57. The molecular formula is C17H16N4O3. The summed E-state index contributed by atoms with van der Waals surface area (Å²) in [7, 11) is 0. The molecule has 2 heterocycles. The summed E-state index contributed by atoms with van der Waals surface area (Å²) in [5.74, 6) is 4.34.